The van der Waals surface area contributed by atoms with Crippen LogP contribution in [-0.4, -0.2) is 24.9 Å². The van der Waals surface area contributed by atoms with Crippen molar-refractivity contribution in [3.05, 3.63) is 54.1 Å². The van der Waals surface area contributed by atoms with Gasteiger partial charge in [0.25, 0.3) is 0 Å². The molecule has 1 N–H and O–H groups in total. The van der Waals surface area contributed by atoms with E-state index < -0.39 is 12.2 Å². The molecule has 3 rings (SSSR count). The fraction of sp³-hybridized carbons (Fsp3) is 0.250. The van der Waals surface area contributed by atoms with Crippen LogP contribution in [0.15, 0.2) is 48.5 Å². The maximum absolute atomic E-state index is 10.4. The molecule has 1 heterocycles. The van der Waals surface area contributed by atoms with Crippen LogP contribution in [0.25, 0.3) is 0 Å². The van der Waals surface area contributed by atoms with Crippen LogP contribution < -0.4 is 14.2 Å². The summed E-state index contributed by atoms with van der Waals surface area (Å²) in [7, 11) is 1.60. The normalized spacial score (nSPS) is 18.4. The summed E-state index contributed by atoms with van der Waals surface area (Å²) in [6.45, 7) is 0.315. The lowest BCUT2D eigenvalue weighted by atomic mass is 10.0. The van der Waals surface area contributed by atoms with Crippen molar-refractivity contribution < 1.29 is 19.3 Å². The summed E-state index contributed by atoms with van der Waals surface area (Å²) in [4.78, 5) is 0. The van der Waals surface area contributed by atoms with Gasteiger partial charge in [0.1, 0.15) is 18.5 Å². The SMILES string of the molecule is COc1cccc(C(O)C2COc3ccccc3O2)c1. The van der Waals surface area contributed by atoms with Crippen molar-refractivity contribution in [2.45, 2.75) is 12.2 Å². The van der Waals surface area contributed by atoms with Gasteiger partial charge in [-0.3, -0.25) is 0 Å². The highest BCUT2D eigenvalue weighted by Crippen LogP contribution is 2.34. The number of ether oxygens (including phenoxy) is 3. The van der Waals surface area contributed by atoms with Crippen LogP contribution in [0, 0.1) is 0 Å². The number of aliphatic hydroxyl groups is 1. The molecule has 104 valence electrons. The van der Waals surface area contributed by atoms with Gasteiger partial charge in [0.15, 0.2) is 17.6 Å². The fourth-order valence-electron chi connectivity index (χ4n) is 2.23. The second kappa shape index (κ2) is 5.43. The molecule has 0 aromatic heterocycles. The number of fused-ring (bicyclic) bond motifs is 1. The lowest BCUT2D eigenvalue weighted by Gasteiger charge is -2.29. The highest BCUT2D eigenvalue weighted by atomic mass is 16.6. The second-order valence-electron chi connectivity index (χ2n) is 4.64. The number of aliphatic hydroxyl groups excluding tert-OH is 1. The Kier molecular flexibility index (Phi) is 3.48. The van der Waals surface area contributed by atoms with E-state index in [-0.39, 0.29) is 0 Å². The number of rotatable bonds is 3. The first-order valence-corrected chi connectivity index (χ1v) is 6.48. The van der Waals surface area contributed by atoms with E-state index in [1.807, 2.05) is 42.5 Å². The van der Waals surface area contributed by atoms with Crippen molar-refractivity contribution in [3.8, 4) is 17.2 Å². The summed E-state index contributed by atoms with van der Waals surface area (Å²) >= 11 is 0. The molecule has 4 heteroatoms. The predicted molar refractivity (Wildman–Crippen MR) is 74.3 cm³/mol. The first-order chi connectivity index (χ1) is 9.78. The van der Waals surface area contributed by atoms with Gasteiger partial charge >= 0.3 is 0 Å². The number of methoxy groups -OCH3 is 1. The van der Waals surface area contributed by atoms with E-state index in [4.69, 9.17) is 14.2 Å². The van der Waals surface area contributed by atoms with Crippen LogP contribution in [-0.2, 0) is 0 Å². The molecule has 1 aliphatic rings. The maximum atomic E-state index is 10.4. The smallest absolute Gasteiger partial charge is 0.163 e. The summed E-state index contributed by atoms with van der Waals surface area (Å²) in [5, 5.41) is 10.4. The molecule has 2 unspecified atom stereocenters. The molecule has 4 nitrogen and oxygen atoms in total. The number of benzene rings is 2. The van der Waals surface area contributed by atoms with E-state index in [1.165, 1.54) is 0 Å². The molecule has 0 amide bonds. The van der Waals surface area contributed by atoms with Crippen LogP contribution in [0.3, 0.4) is 0 Å². The van der Waals surface area contributed by atoms with Crippen LogP contribution in [0.5, 0.6) is 17.2 Å². The van der Waals surface area contributed by atoms with Crippen LogP contribution in [0.1, 0.15) is 11.7 Å². The number of hydrogen-bond donors (Lipinski definition) is 1. The molecule has 1 aliphatic heterocycles. The Balaban J connectivity index is 1.80. The Morgan fingerprint density at radius 2 is 1.95 bits per heavy atom. The molecule has 0 radical (unpaired) electrons. The van der Waals surface area contributed by atoms with E-state index in [0.29, 0.717) is 23.9 Å². The molecule has 0 bridgehead atoms. The molecular formula is C16H16O4. The molecule has 0 spiro atoms. The zero-order chi connectivity index (χ0) is 13.9. The van der Waals surface area contributed by atoms with E-state index in [2.05, 4.69) is 0 Å². The van der Waals surface area contributed by atoms with Crippen LogP contribution in [0.4, 0.5) is 0 Å². The summed E-state index contributed by atoms with van der Waals surface area (Å²) in [6, 6.07) is 14.8. The third-order valence-corrected chi connectivity index (χ3v) is 3.32. The average Bonchev–Trinajstić information content (AvgIpc) is 2.53. The highest BCUT2D eigenvalue weighted by Gasteiger charge is 2.28. The van der Waals surface area contributed by atoms with E-state index in [0.717, 1.165) is 5.56 Å². The standard InChI is InChI=1S/C16H16O4/c1-18-12-6-4-5-11(9-12)16(17)15-10-19-13-7-2-3-8-14(13)20-15/h2-9,15-17H,10H2,1H3. The Morgan fingerprint density at radius 3 is 2.75 bits per heavy atom. The minimum Gasteiger partial charge on any atom is -0.497 e. The van der Waals surface area contributed by atoms with Crippen molar-refractivity contribution in [3.63, 3.8) is 0 Å². The molecule has 20 heavy (non-hydrogen) atoms. The van der Waals surface area contributed by atoms with Crippen LogP contribution >= 0.6 is 0 Å². The molecule has 0 fully saturated rings. The van der Waals surface area contributed by atoms with Gasteiger partial charge in [0.05, 0.1) is 7.11 Å². The van der Waals surface area contributed by atoms with Crippen molar-refractivity contribution in [2.24, 2.45) is 0 Å². The van der Waals surface area contributed by atoms with Gasteiger partial charge in [-0.2, -0.15) is 0 Å². The Morgan fingerprint density at radius 1 is 1.15 bits per heavy atom. The Hall–Kier alpha value is -2.20. The van der Waals surface area contributed by atoms with Gasteiger partial charge in [-0.15, -0.1) is 0 Å². The molecule has 0 saturated carbocycles. The first kappa shape index (κ1) is 12.8. The first-order valence-electron chi connectivity index (χ1n) is 6.48. The summed E-state index contributed by atoms with van der Waals surface area (Å²) in [5.74, 6) is 2.07. The van der Waals surface area contributed by atoms with E-state index >= 15 is 0 Å². The number of para-hydroxylation sites is 2. The molecule has 2 aromatic rings. The summed E-state index contributed by atoms with van der Waals surface area (Å²) in [6.07, 6.45) is -1.20. The zero-order valence-corrected chi connectivity index (χ0v) is 11.2. The lowest BCUT2D eigenvalue weighted by molar-refractivity contribution is -0.0113. The minimum absolute atomic E-state index is 0.315. The van der Waals surface area contributed by atoms with Gasteiger partial charge in [-0.1, -0.05) is 24.3 Å². The van der Waals surface area contributed by atoms with Gasteiger partial charge < -0.3 is 19.3 Å². The molecule has 2 atom stereocenters. The molecule has 0 saturated heterocycles. The monoisotopic (exact) mass is 272 g/mol. The van der Waals surface area contributed by atoms with Crippen molar-refractivity contribution in [1.82, 2.24) is 0 Å². The Bertz CT molecular complexity index is 597. The zero-order valence-electron chi connectivity index (χ0n) is 11.2. The summed E-state index contributed by atoms with van der Waals surface area (Å²) < 4.78 is 16.6. The quantitative estimate of drug-likeness (QED) is 0.933. The lowest BCUT2D eigenvalue weighted by Crippen LogP contribution is -2.34. The summed E-state index contributed by atoms with van der Waals surface area (Å²) in [5.41, 5.74) is 0.748. The van der Waals surface area contributed by atoms with Gasteiger partial charge in [0.2, 0.25) is 0 Å². The van der Waals surface area contributed by atoms with Gasteiger partial charge in [0, 0.05) is 0 Å². The molecule has 2 aromatic carbocycles. The predicted octanol–water partition coefficient (Wildman–Crippen LogP) is 2.57. The van der Waals surface area contributed by atoms with Crippen LogP contribution in [0.2, 0.25) is 0 Å². The largest absolute Gasteiger partial charge is 0.497 e. The minimum atomic E-state index is -0.765. The van der Waals surface area contributed by atoms with Gasteiger partial charge in [-0.25, -0.2) is 0 Å². The fourth-order valence-corrected chi connectivity index (χ4v) is 2.23. The second-order valence-corrected chi connectivity index (χ2v) is 4.64. The van der Waals surface area contributed by atoms with Crippen molar-refractivity contribution >= 4 is 0 Å². The topological polar surface area (TPSA) is 47.9 Å². The van der Waals surface area contributed by atoms with Crippen molar-refractivity contribution in [2.75, 3.05) is 13.7 Å². The van der Waals surface area contributed by atoms with Gasteiger partial charge in [-0.05, 0) is 29.8 Å². The Labute approximate surface area is 117 Å². The molecular weight excluding hydrogens is 256 g/mol. The highest BCUT2D eigenvalue weighted by molar-refractivity contribution is 5.41. The third-order valence-electron chi connectivity index (χ3n) is 3.32. The van der Waals surface area contributed by atoms with Crippen molar-refractivity contribution in [1.29, 1.82) is 0 Å². The van der Waals surface area contributed by atoms with E-state index in [9.17, 15) is 5.11 Å². The van der Waals surface area contributed by atoms with E-state index in [1.54, 1.807) is 13.2 Å². The average molecular weight is 272 g/mol. The maximum Gasteiger partial charge on any atom is 0.163 e. The molecule has 0 aliphatic carbocycles. The number of hydrogen-bond acceptors (Lipinski definition) is 4. The third kappa shape index (κ3) is 2.42.